The third kappa shape index (κ3) is 2.19. The fraction of sp³-hybridized carbons (Fsp3) is 0.400. The number of amides is 2. The average molecular weight is 273 g/mol. The lowest BCUT2D eigenvalue weighted by Crippen LogP contribution is -2.34. The van der Waals surface area contributed by atoms with Crippen molar-refractivity contribution in [1.82, 2.24) is 4.90 Å². The Morgan fingerprint density at radius 1 is 1.25 bits per heavy atom. The lowest BCUT2D eigenvalue weighted by Gasteiger charge is -2.12. The first-order valence-electron chi connectivity index (χ1n) is 6.73. The minimum Gasteiger partial charge on any atom is -0.460 e. The monoisotopic (exact) mass is 273 g/mol. The Bertz CT molecular complexity index is 554. The molecule has 2 aliphatic rings. The molecule has 2 heterocycles. The molecule has 0 saturated carbocycles. The van der Waals surface area contributed by atoms with E-state index in [-0.39, 0.29) is 18.6 Å². The molecular formula is C15H15NO4. The standard InChI is InChI=1S/C15H15NO4/c17-13-7-6-11-8-12(14(18)16(11)13)15(19)20-9-10-4-2-1-3-5-10/h1-5,11-12H,6-9H2/t11-,12+/m1/s1. The number of fused-ring (bicyclic) bond motifs is 1. The van der Waals surface area contributed by atoms with Gasteiger partial charge < -0.3 is 4.74 Å². The molecule has 0 aromatic heterocycles. The van der Waals surface area contributed by atoms with Gasteiger partial charge in [-0.1, -0.05) is 30.3 Å². The normalized spacial score (nSPS) is 24.9. The summed E-state index contributed by atoms with van der Waals surface area (Å²) in [5, 5.41) is 0. The fourth-order valence-electron chi connectivity index (χ4n) is 2.84. The largest absolute Gasteiger partial charge is 0.460 e. The van der Waals surface area contributed by atoms with E-state index < -0.39 is 17.8 Å². The van der Waals surface area contributed by atoms with Crippen LogP contribution in [0.25, 0.3) is 0 Å². The van der Waals surface area contributed by atoms with Crippen LogP contribution in [0.5, 0.6) is 0 Å². The molecule has 5 heteroatoms. The summed E-state index contributed by atoms with van der Waals surface area (Å²) in [6.45, 7) is 0.155. The second kappa shape index (κ2) is 5.07. The molecule has 0 spiro atoms. The first-order valence-corrected chi connectivity index (χ1v) is 6.73. The Labute approximate surface area is 116 Å². The molecule has 1 aromatic carbocycles. The van der Waals surface area contributed by atoms with Crippen molar-refractivity contribution in [1.29, 1.82) is 0 Å². The fourth-order valence-corrected chi connectivity index (χ4v) is 2.84. The third-order valence-electron chi connectivity index (χ3n) is 3.88. The number of esters is 1. The summed E-state index contributed by atoms with van der Waals surface area (Å²) in [5.41, 5.74) is 0.878. The summed E-state index contributed by atoms with van der Waals surface area (Å²) in [6.07, 6.45) is 1.47. The van der Waals surface area contributed by atoms with E-state index in [1.54, 1.807) is 0 Å². The molecule has 0 N–H and O–H groups in total. The van der Waals surface area contributed by atoms with E-state index in [9.17, 15) is 14.4 Å². The molecule has 2 fully saturated rings. The Balaban J connectivity index is 1.61. The lowest BCUT2D eigenvalue weighted by molar-refractivity contribution is -0.154. The van der Waals surface area contributed by atoms with Crippen molar-refractivity contribution in [2.45, 2.75) is 31.9 Å². The highest BCUT2D eigenvalue weighted by molar-refractivity contribution is 6.08. The first kappa shape index (κ1) is 12.8. The number of hydrogen-bond donors (Lipinski definition) is 0. The number of carbonyl (C=O) groups excluding carboxylic acids is 3. The Kier molecular flexibility index (Phi) is 3.26. The van der Waals surface area contributed by atoms with E-state index in [1.807, 2.05) is 30.3 Å². The van der Waals surface area contributed by atoms with Crippen molar-refractivity contribution < 1.29 is 19.1 Å². The summed E-state index contributed by atoms with van der Waals surface area (Å²) in [6, 6.07) is 9.20. The predicted molar refractivity (Wildman–Crippen MR) is 69.2 cm³/mol. The maximum absolute atomic E-state index is 12.1. The number of ether oxygens (including phenoxy) is 1. The molecule has 0 radical (unpaired) electrons. The van der Waals surface area contributed by atoms with Crippen molar-refractivity contribution in [3.05, 3.63) is 35.9 Å². The van der Waals surface area contributed by atoms with Crippen LogP contribution < -0.4 is 0 Å². The van der Waals surface area contributed by atoms with Crippen molar-refractivity contribution in [3.8, 4) is 0 Å². The van der Waals surface area contributed by atoms with Crippen molar-refractivity contribution in [3.63, 3.8) is 0 Å². The van der Waals surface area contributed by atoms with Crippen LogP contribution in [0.4, 0.5) is 0 Å². The van der Waals surface area contributed by atoms with Crippen LogP contribution in [0, 0.1) is 5.92 Å². The van der Waals surface area contributed by atoms with Gasteiger partial charge in [-0.15, -0.1) is 0 Å². The second-order valence-electron chi connectivity index (χ2n) is 5.18. The first-order chi connectivity index (χ1) is 9.66. The minimum absolute atomic E-state index is 0.107. The van der Waals surface area contributed by atoms with Crippen LogP contribution >= 0.6 is 0 Å². The van der Waals surface area contributed by atoms with Crippen molar-refractivity contribution in [2.24, 2.45) is 5.92 Å². The molecule has 3 rings (SSSR count). The molecule has 1 aromatic rings. The van der Waals surface area contributed by atoms with Gasteiger partial charge in [-0.05, 0) is 18.4 Å². The number of benzene rings is 1. The lowest BCUT2D eigenvalue weighted by atomic mass is 10.0. The van der Waals surface area contributed by atoms with E-state index >= 15 is 0 Å². The van der Waals surface area contributed by atoms with Crippen LogP contribution in [0.3, 0.4) is 0 Å². The highest BCUT2D eigenvalue weighted by Gasteiger charge is 2.49. The van der Waals surface area contributed by atoms with E-state index in [0.717, 1.165) is 5.56 Å². The average Bonchev–Trinajstić information content (AvgIpc) is 2.99. The van der Waals surface area contributed by atoms with Gasteiger partial charge in [0.25, 0.3) is 0 Å². The molecule has 2 amide bonds. The highest BCUT2D eigenvalue weighted by Crippen LogP contribution is 2.34. The van der Waals surface area contributed by atoms with E-state index in [1.165, 1.54) is 4.90 Å². The molecule has 0 bridgehead atoms. The van der Waals surface area contributed by atoms with Gasteiger partial charge in [-0.2, -0.15) is 0 Å². The number of hydrogen-bond acceptors (Lipinski definition) is 4. The van der Waals surface area contributed by atoms with Gasteiger partial charge in [-0.3, -0.25) is 19.3 Å². The third-order valence-corrected chi connectivity index (χ3v) is 3.88. The number of rotatable bonds is 3. The summed E-state index contributed by atoms with van der Waals surface area (Å²) in [5.74, 6) is -1.90. The summed E-state index contributed by atoms with van der Waals surface area (Å²) in [4.78, 5) is 36.9. The quantitative estimate of drug-likeness (QED) is 0.472. The predicted octanol–water partition coefficient (Wildman–Crippen LogP) is 1.27. The molecule has 0 unspecified atom stereocenters. The summed E-state index contributed by atoms with van der Waals surface area (Å²) in [7, 11) is 0. The van der Waals surface area contributed by atoms with Crippen LogP contribution in [0.2, 0.25) is 0 Å². The van der Waals surface area contributed by atoms with Crippen LogP contribution in [-0.4, -0.2) is 28.7 Å². The van der Waals surface area contributed by atoms with Crippen LogP contribution in [0.15, 0.2) is 30.3 Å². The smallest absolute Gasteiger partial charge is 0.318 e. The van der Waals surface area contributed by atoms with Crippen molar-refractivity contribution in [2.75, 3.05) is 0 Å². The Hall–Kier alpha value is -2.17. The summed E-state index contributed by atoms with van der Waals surface area (Å²) < 4.78 is 5.19. The number of carbonyl (C=O) groups is 3. The van der Waals surface area contributed by atoms with Gasteiger partial charge in [0.2, 0.25) is 11.8 Å². The van der Waals surface area contributed by atoms with E-state index in [0.29, 0.717) is 19.3 Å². The summed E-state index contributed by atoms with van der Waals surface area (Å²) >= 11 is 0. The SMILES string of the molecule is O=C(OCc1ccccc1)[C@H]1C[C@H]2CCC(=O)N2C1=O. The van der Waals surface area contributed by atoms with Gasteiger partial charge in [-0.25, -0.2) is 0 Å². The number of imide groups is 1. The molecule has 5 nitrogen and oxygen atoms in total. The van der Waals surface area contributed by atoms with Crippen LogP contribution in [0.1, 0.15) is 24.8 Å². The van der Waals surface area contributed by atoms with Gasteiger partial charge in [0.1, 0.15) is 12.5 Å². The zero-order valence-corrected chi connectivity index (χ0v) is 11.0. The van der Waals surface area contributed by atoms with E-state index in [4.69, 9.17) is 4.74 Å². The zero-order chi connectivity index (χ0) is 14.1. The van der Waals surface area contributed by atoms with Crippen molar-refractivity contribution >= 4 is 17.8 Å². The second-order valence-corrected chi connectivity index (χ2v) is 5.18. The molecule has 0 aliphatic carbocycles. The molecule has 2 atom stereocenters. The van der Waals surface area contributed by atoms with E-state index in [2.05, 4.69) is 0 Å². The molecule has 104 valence electrons. The Morgan fingerprint density at radius 3 is 2.70 bits per heavy atom. The zero-order valence-electron chi connectivity index (χ0n) is 11.0. The molecule has 20 heavy (non-hydrogen) atoms. The topological polar surface area (TPSA) is 63.7 Å². The van der Waals surface area contributed by atoms with Gasteiger partial charge >= 0.3 is 5.97 Å². The van der Waals surface area contributed by atoms with Gasteiger partial charge in [0.05, 0.1) is 0 Å². The van der Waals surface area contributed by atoms with Gasteiger partial charge in [0.15, 0.2) is 0 Å². The van der Waals surface area contributed by atoms with Gasteiger partial charge in [0, 0.05) is 12.5 Å². The molecule has 2 aliphatic heterocycles. The maximum Gasteiger partial charge on any atom is 0.318 e. The number of nitrogens with zero attached hydrogens (tertiary/aromatic N) is 1. The minimum atomic E-state index is -0.812. The molecular weight excluding hydrogens is 258 g/mol. The molecule has 2 saturated heterocycles. The highest BCUT2D eigenvalue weighted by atomic mass is 16.5. The Morgan fingerprint density at radius 2 is 2.00 bits per heavy atom. The maximum atomic E-state index is 12.1. The van der Waals surface area contributed by atoms with Crippen LogP contribution in [-0.2, 0) is 25.7 Å².